The van der Waals surface area contributed by atoms with E-state index in [0.717, 1.165) is 12.2 Å². The molecule has 1 aliphatic heterocycles. The molecule has 0 saturated carbocycles. The maximum absolute atomic E-state index is 6.09. The predicted octanol–water partition coefficient (Wildman–Crippen LogP) is 5.02. The van der Waals surface area contributed by atoms with Crippen molar-refractivity contribution in [3.8, 4) is 5.75 Å². The summed E-state index contributed by atoms with van der Waals surface area (Å²) in [6.45, 7) is 8.58. The largest absolute Gasteiger partial charge is 0.487 e. The highest BCUT2D eigenvalue weighted by Crippen LogP contribution is 2.40. The molecule has 0 amide bonds. The van der Waals surface area contributed by atoms with Crippen molar-refractivity contribution in [3.63, 3.8) is 0 Å². The standard InChI is InChI=1S/C19H23NO/c1-13-9-14(2)11-15(10-13)20-17-12-19(3,4)21-18-8-6-5-7-16(17)18/h5-11,17,20H,12H2,1-4H3. The van der Waals surface area contributed by atoms with Gasteiger partial charge in [0.1, 0.15) is 11.4 Å². The van der Waals surface area contributed by atoms with Crippen molar-refractivity contribution in [2.45, 2.75) is 45.8 Å². The van der Waals surface area contributed by atoms with Gasteiger partial charge in [-0.15, -0.1) is 0 Å². The van der Waals surface area contributed by atoms with Crippen molar-refractivity contribution in [3.05, 3.63) is 59.2 Å². The Morgan fingerprint density at radius 2 is 1.71 bits per heavy atom. The zero-order valence-electron chi connectivity index (χ0n) is 13.2. The topological polar surface area (TPSA) is 21.3 Å². The minimum atomic E-state index is -0.148. The SMILES string of the molecule is Cc1cc(C)cc(NC2CC(C)(C)Oc3ccccc32)c1. The van der Waals surface area contributed by atoms with Gasteiger partial charge in [0.05, 0.1) is 6.04 Å². The lowest BCUT2D eigenvalue weighted by Gasteiger charge is -2.38. The van der Waals surface area contributed by atoms with Gasteiger partial charge in [0, 0.05) is 17.7 Å². The monoisotopic (exact) mass is 281 g/mol. The van der Waals surface area contributed by atoms with Crippen molar-refractivity contribution in [2.75, 3.05) is 5.32 Å². The van der Waals surface area contributed by atoms with Crippen LogP contribution in [0.25, 0.3) is 0 Å². The number of hydrogen-bond donors (Lipinski definition) is 1. The minimum absolute atomic E-state index is 0.148. The molecule has 0 radical (unpaired) electrons. The molecule has 0 bridgehead atoms. The van der Waals surface area contributed by atoms with Gasteiger partial charge < -0.3 is 10.1 Å². The molecule has 0 spiro atoms. The highest BCUT2D eigenvalue weighted by molar-refractivity contribution is 5.52. The van der Waals surface area contributed by atoms with Gasteiger partial charge in [0.15, 0.2) is 0 Å². The Balaban J connectivity index is 1.94. The fraction of sp³-hybridized carbons (Fsp3) is 0.368. The van der Waals surface area contributed by atoms with Crippen LogP contribution in [-0.4, -0.2) is 5.60 Å². The molecular weight excluding hydrogens is 258 g/mol. The lowest BCUT2D eigenvalue weighted by molar-refractivity contribution is 0.0759. The first kappa shape index (κ1) is 14.0. The third-order valence-electron chi connectivity index (χ3n) is 3.94. The summed E-state index contributed by atoms with van der Waals surface area (Å²) in [5.41, 5.74) is 4.86. The quantitative estimate of drug-likeness (QED) is 0.834. The van der Waals surface area contributed by atoms with Crippen LogP contribution >= 0.6 is 0 Å². The summed E-state index contributed by atoms with van der Waals surface area (Å²) in [7, 11) is 0. The highest BCUT2D eigenvalue weighted by Gasteiger charge is 2.33. The van der Waals surface area contributed by atoms with Crippen molar-refractivity contribution >= 4 is 5.69 Å². The van der Waals surface area contributed by atoms with Crippen LogP contribution in [-0.2, 0) is 0 Å². The first-order valence-electron chi connectivity index (χ1n) is 7.56. The Labute approximate surface area is 127 Å². The van der Waals surface area contributed by atoms with Crippen molar-refractivity contribution in [1.82, 2.24) is 0 Å². The van der Waals surface area contributed by atoms with Crippen LogP contribution in [0.5, 0.6) is 5.75 Å². The van der Waals surface area contributed by atoms with E-state index in [-0.39, 0.29) is 11.6 Å². The molecule has 1 unspecified atom stereocenters. The molecule has 21 heavy (non-hydrogen) atoms. The van der Waals surface area contributed by atoms with Crippen molar-refractivity contribution < 1.29 is 4.74 Å². The third kappa shape index (κ3) is 3.05. The van der Waals surface area contributed by atoms with E-state index in [0.29, 0.717) is 0 Å². The second-order valence-corrected chi connectivity index (χ2v) is 6.68. The molecule has 0 fully saturated rings. The number of aryl methyl sites for hydroxylation is 2. The Bertz CT molecular complexity index is 640. The molecule has 2 heteroatoms. The highest BCUT2D eigenvalue weighted by atomic mass is 16.5. The number of para-hydroxylation sites is 1. The second kappa shape index (κ2) is 5.10. The van der Waals surface area contributed by atoms with Gasteiger partial charge in [-0.2, -0.15) is 0 Å². The van der Waals surface area contributed by atoms with Crippen LogP contribution in [0.4, 0.5) is 5.69 Å². The molecule has 1 aliphatic rings. The Hall–Kier alpha value is -1.96. The summed E-state index contributed by atoms with van der Waals surface area (Å²) in [6, 6.07) is 15.2. The van der Waals surface area contributed by atoms with E-state index < -0.39 is 0 Å². The van der Waals surface area contributed by atoms with Gasteiger partial charge in [-0.3, -0.25) is 0 Å². The van der Waals surface area contributed by atoms with E-state index in [1.165, 1.54) is 22.4 Å². The van der Waals surface area contributed by atoms with Crippen LogP contribution in [0, 0.1) is 13.8 Å². The van der Waals surface area contributed by atoms with Gasteiger partial charge in [0.2, 0.25) is 0 Å². The van der Waals surface area contributed by atoms with Crippen molar-refractivity contribution in [2.24, 2.45) is 0 Å². The number of benzene rings is 2. The number of hydrogen-bond acceptors (Lipinski definition) is 2. The molecule has 0 aliphatic carbocycles. The maximum Gasteiger partial charge on any atom is 0.125 e. The summed E-state index contributed by atoms with van der Waals surface area (Å²) in [5.74, 6) is 0.996. The average molecular weight is 281 g/mol. The number of anilines is 1. The molecule has 1 heterocycles. The zero-order chi connectivity index (χ0) is 15.0. The van der Waals surface area contributed by atoms with E-state index in [1.54, 1.807) is 0 Å². The predicted molar refractivity (Wildman–Crippen MR) is 88.0 cm³/mol. The van der Waals surface area contributed by atoms with Gasteiger partial charge in [-0.25, -0.2) is 0 Å². The molecule has 2 nitrogen and oxygen atoms in total. The molecule has 1 N–H and O–H groups in total. The summed E-state index contributed by atoms with van der Waals surface area (Å²) in [5, 5.41) is 3.69. The van der Waals surface area contributed by atoms with E-state index in [1.807, 2.05) is 6.07 Å². The molecule has 2 aromatic carbocycles. The zero-order valence-corrected chi connectivity index (χ0v) is 13.2. The third-order valence-corrected chi connectivity index (χ3v) is 3.94. The number of rotatable bonds is 2. The second-order valence-electron chi connectivity index (χ2n) is 6.68. The average Bonchev–Trinajstić information content (AvgIpc) is 2.36. The molecular formula is C19H23NO. The first-order chi connectivity index (χ1) is 9.93. The normalized spacial score (nSPS) is 19.5. The minimum Gasteiger partial charge on any atom is -0.487 e. The Morgan fingerprint density at radius 1 is 1.05 bits per heavy atom. The van der Waals surface area contributed by atoms with Crippen LogP contribution in [0.1, 0.15) is 43.0 Å². The van der Waals surface area contributed by atoms with Crippen LogP contribution in [0.2, 0.25) is 0 Å². The first-order valence-corrected chi connectivity index (χ1v) is 7.56. The van der Waals surface area contributed by atoms with Crippen LogP contribution in [0.3, 0.4) is 0 Å². The van der Waals surface area contributed by atoms with E-state index in [2.05, 4.69) is 69.4 Å². The number of fused-ring (bicyclic) bond motifs is 1. The van der Waals surface area contributed by atoms with Gasteiger partial charge in [0.25, 0.3) is 0 Å². The van der Waals surface area contributed by atoms with E-state index >= 15 is 0 Å². The molecule has 2 aromatic rings. The lowest BCUT2D eigenvalue weighted by atomic mass is 9.89. The summed E-state index contributed by atoms with van der Waals surface area (Å²) in [6.07, 6.45) is 0.955. The van der Waals surface area contributed by atoms with E-state index in [4.69, 9.17) is 4.74 Å². The van der Waals surface area contributed by atoms with Crippen LogP contribution in [0.15, 0.2) is 42.5 Å². The van der Waals surface area contributed by atoms with Crippen LogP contribution < -0.4 is 10.1 Å². The smallest absolute Gasteiger partial charge is 0.125 e. The number of nitrogens with one attached hydrogen (secondary N) is 1. The summed E-state index contributed by atoms with van der Waals surface area (Å²) < 4.78 is 6.09. The lowest BCUT2D eigenvalue weighted by Crippen LogP contribution is -2.37. The summed E-state index contributed by atoms with van der Waals surface area (Å²) in [4.78, 5) is 0. The Kier molecular flexibility index (Phi) is 3.40. The fourth-order valence-electron chi connectivity index (χ4n) is 3.19. The maximum atomic E-state index is 6.09. The number of ether oxygens (including phenoxy) is 1. The molecule has 3 rings (SSSR count). The molecule has 0 aromatic heterocycles. The molecule has 1 atom stereocenters. The fourth-order valence-corrected chi connectivity index (χ4v) is 3.19. The molecule has 110 valence electrons. The van der Waals surface area contributed by atoms with Gasteiger partial charge in [-0.05, 0) is 57.0 Å². The Morgan fingerprint density at radius 3 is 2.43 bits per heavy atom. The van der Waals surface area contributed by atoms with E-state index in [9.17, 15) is 0 Å². The van der Waals surface area contributed by atoms with Crippen molar-refractivity contribution in [1.29, 1.82) is 0 Å². The summed E-state index contributed by atoms with van der Waals surface area (Å²) >= 11 is 0. The molecule has 0 saturated heterocycles. The van der Waals surface area contributed by atoms with Gasteiger partial charge >= 0.3 is 0 Å². The van der Waals surface area contributed by atoms with Gasteiger partial charge in [-0.1, -0.05) is 24.3 Å².